The highest BCUT2D eigenvalue weighted by molar-refractivity contribution is 5.99. The zero-order valence-electron chi connectivity index (χ0n) is 16.3. The highest BCUT2D eigenvalue weighted by Crippen LogP contribution is 2.14. The third-order valence-electron chi connectivity index (χ3n) is 5.06. The molecule has 4 rings (SSSR count). The van der Waals surface area contributed by atoms with E-state index in [1.54, 1.807) is 29.4 Å². The Bertz CT molecular complexity index is 1040. The summed E-state index contributed by atoms with van der Waals surface area (Å²) < 4.78 is 0. The second kappa shape index (κ2) is 8.83. The van der Waals surface area contributed by atoms with E-state index in [-0.39, 0.29) is 5.91 Å². The van der Waals surface area contributed by atoms with Gasteiger partial charge < -0.3 is 20.2 Å². The molecule has 3 aromatic rings. The number of benzene rings is 1. The Balaban J connectivity index is 1.38. The van der Waals surface area contributed by atoms with Crippen molar-refractivity contribution in [1.82, 2.24) is 25.2 Å². The lowest BCUT2D eigenvalue weighted by atomic mass is 10.1. The van der Waals surface area contributed by atoms with Gasteiger partial charge >= 0.3 is 0 Å². The summed E-state index contributed by atoms with van der Waals surface area (Å²) in [6, 6.07) is 9.92. The van der Waals surface area contributed by atoms with Crippen LogP contribution in [0.2, 0.25) is 0 Å². The monoisotopic (exact) mass is 406 g/mol. The maximum atomic E-state index is 12.8. The number of fused-ring (bicyclic) bond motifs is 1. The highest BCUT2D eigenvalue weighted by atomic mass is 16.3. The van der Waals surface area contributed by atoms with Crippen LogP contribution >= 0.6 is 0 Å². The lowest BCUT2D eigenvalue weighted by molar-refractivity contribution is -0.134. The van der Waals surface area contributed by atoms with E-state index in [9.17, 15) is 14.7 Å². The smallest absolute Gasteiger partial charge is 0.253 e. The molecule has 3 heterocycles. The molecule has 1 aliphatic rings. The maximum Gasteiger partial charge on any atom is 0.253 e. The molecule has 0 spiro atoms. The number of aliphatic hydroxyl groups excluding tert-OH is 1. The molecule has 9 nitrogen and oxygen atoms in total. The Morgan fingerprint density at radius 3 is 2.50 bits per heavy atom. The van der Waals surface area contributed by atoms with Gasteiger partial charge in [-0.15, -0.1) is 0 Å². The fourth-order valence-corrected chi connectivity index (χ4v) is 3.42. The van der Waals surface area contributed by atoms with Crippen LogP contribution in [0.25, 0.3) is 10.9 Å². The van der Waals surface area contributed by atoms with Crippen LogP contribution in [0.3, 0.4) is 0 Å². The predicted molar refractivity (Wildman–Crippen MR) is 111 cm³/mol. The van der Waals surface area contributed by atoms with Crippen molar-refractivity contribution in [3.8, 4) is 0 Å². The molecule has 0 unspecified atom stereocenters. The first-order valence-electron chi connectivity index (χ1n) is 9.73. The van der Waals surface area contributed by atoms with E-state index in [0.717, 1.165) is 10.9 Å². The summed E-state index contributed by atoms with van der Waals surface area (Å²) in [4.78, 5) is 41.8. The van der Waals surface area contributed by atoms with Crippen molar-refractivity contribution in [2.75, 3.05) is 37.7 Å². The molecule has 9 heteroatoms. The third kappa shape index (κ3) is 4.20. The lowest BCUT2D eigenvalue weighted by Gasteiger charge is -2.36. The van der Waals surface area contributed by atoms with Crippen molar-refractivity contribution in [3.63, 3.8) is 0 Å². The number of hydrogen-bond acceptors (Lipinski definition) is 7. The number of pyridine rings is 1. The summed E-state index contributed by atoms with van der Waals surface area (Å²) in [5.41, 5.74) is 1.12. The first-order chi connectivity index (χ1) is 14.7. The van der Waals surface area contributed by atoms with Crippen LogP contribution in [-0.2, 0) is 4.79 Å². The zero-order chi connectivity index (χ0) is 20.9. The van der Waals surface area contributed by atoms with Gasteiger partial charge in [-0.2, -0.15) is 0 Å². The largest absolute Gasteiger partial charge is 0.394 e. The third-order valence-corrected chi connectivity index (χ3v) is 5.06. The summed E-state index contributed by atoms with van der Waals surface area (Å²) in [6.45, 7) is 1.60. The van der Waals surface area contributed by atoms with Gasteiger partial charge in [-0.1, -0.05) is 18.2 Å². The minimum Gasteiger partial charge on any atom is -0.394 e. The Labute approximate surface area is 173 Å². The van der Waals surface area contributed by atoms with Crippen molar-refractivity contribution < 1.29 is 14.7 Å². The summed E-state index contributed by atoms with van der Waals surface area (Å²) in [5.74, 6) is -0.134. The molecule has 0 bridgehead atoms. The van der Waals surface area contributed by atoms with Crippen LogP contribution in [0, 0.1) is 0 Å². The number of carbonyl (C=O) groups excluding carboxylic acids is 2. The van der Waals surface area contributed by atoms with E-state index >= 15 is 0 Å². The molecule has 0 saturated carbocycles. The van der Waals surface area contributed by atoms with Crippen LogP contribution in [-0.4, -0.2) is 75.6 Å². The second-order valence-corrected chi connectivity index (χ2v) is 6.99. The quantitative estimate of drug-likeness (QED) is 0.633. The Hall–Kier alpha value is -3.59. The van der Waals surface area contributed by atoms with Gasteiger partial charge in [0, 0.05) is 50.2 Å². The SMILES string of the molecule is O=C(N[C@@H](CO)C(=O)N1CCN(c2ncccn2)CC1)c1cnc2ccccc2c1. The van der Waals surface area contributed by atoms with Gasteiger partial charge in [0.15, 0.2) is 0 Å². The van der Waals surface area contributed by atoms with Crippen molar-refractivity contribution in [2.45, 2.75) is 6.04 Å². The molecule has 1 atom stereocenters. The van der Waals surface area contributed by atoms with Gasteiger partial charge in [0.05, 0.1) is 17.7 Å². The van der Waals surface area contributed by atoms with E-state index in [0.29, 0.717) is 37.7 Å². The zero-order valence-corrected chi connectivity index (χ0v) is 16.3. The molecule has 0 radical (unpaired) electrons. The summed E-state index contributed by atoms with van der Waals surface area (Å²) in [6.07, 6.45) is 4.83. The van der Waals surface area contributed by atoms with Crippen molar-refractivity contribution in [3.05, 3.63) is 60.6 Å². The minimum atomic E-state index is -1.01. The fraction of sp³-hybridized carbons (Fsp3) is 0.286. The standard InChI is InChI=1S/C21H22N6O3/c28-14-18(25-19(29)16-12-15-4-1-2-5-17(15)24-13-16)20(30)26-8-10-27(11-9-26)21-22-6-3-7-23-21/h1-7,12-13,18,28H,8-11,14H2,(H,25,29)/t18-/m0/s1. The number of amides is 2. The number of piperazine rings is 1. The molecule has 1 saturated heterocycles. The molecule has 2 aromatic heterocycles. The normalized spacial score (nSPS) is 15.1. The molecule has 30 heavy (non-hydrogen) atoms. The van der Waals surface area contributed by atoms with Crippen LogP contribution in [0.1, 0.15) is 10.4 Å². The molecule has 1 fully saturated rings. The molecular weight excluding hydrogens is 384 g/mol. The van der Waals surface area contributed by atoms with Gasteiger partial charge in [0.2, 0.25) is 11.9 Å². The number of nitrogens with zero attached hydrogens (tertiary/aromatic N) is 5. The van der Waals surface area contributed by atoms with Crippen molar-refractivity contribution in [1.29, 1.82) is 0 Å². The van der Waals surface area contributed by atoms with Crippen LogP contribution < -0.4 is 10.2 Å². The molecule has 1 aromatic carbocycles. The first kappa shape index (κ1) is 19.7. The molecule has 2 N–H and O–H groups in total. The maximum absolute atomic E-state index is 12.8. The average molecular weight is 406 g/mol. The first-order valence-corrected chi connectivity index (χ1v) is 9.73. The van der Waals surface area contributed by atoms with Crippen LogP contribution in [0.5, 0.6) is 0 Å². The van der Waals surface area contributed by atoms with Crippen LogP contribution in [0.15, 0.2) is 55.0 Å². The van der Waals surface area contributed by atoms with E-state index in [2.05, 4.69) is 20.3 Å². The molecule has 0 aliphatic carbocycles. The van der Waals surface area contributed by atoms with E-state index in [1.807, 2.05) is 29.2 Å². The summed E-state index contributed by atoms with van der Waals surface area (Å²) >= 11 is 0. The van der Waals surface area contributed by atoms with E-state index in [4.69, 9.17) is 0 Å². The predicted octanol–water partition coefficient (Wildman–Crippen LogP) is 0.464. The topological polar surface area (TPSA) is 112 Å². The number of nitrogens with one attached hydrogen (secondary N) is 1. The Morgan fingerprint density at radius 2 is 1.77 bits per heavy atom. The molecule has 1 aliphatic heterocycles. The van der Waals surface area contributed by atoms with Crippen molar-refractivity contribution >= 4 is 28.7 Å². The Morgan fingerprint density at radius 1 is 1.03 bits per heavy atom. The minimum absolute atomic E-state index is 0.312. The van der Waals surface area contributed by atoms with E-state index < -0.39 is 18.6 Å². The number of rotatable bonds is 5. The summed E-state index contributed by atoms with van der Waals surface area (Å²) in [7, 11) is 0. The number of carbonyl (C=O) groups is 2. The molecular formula is C21H22N6O3. The molecule has 2 amide bonds. The average Bonchev–Trinajstić information content (AvgIpc) is 2.82. The fourth-order valence-electron chi connectivity index (χ4n) is 3.42. The van der Waals surface area contributed by atoms with Gasteiger partial charge in [0.25, 0.3) is 5.91 Å². The number of aromatic nitrogens is 3. The number of para-hydroxylation sites is 1. The van der Waals surface area contributed by atoms with Gasteiger partial charge in [-0.25, -0.2) is 9.97 Å². The van der Waals surface area contributed by atoms with Gasteiger partial charge in [-0.3, -0.25) is 14.6 Å². The van der Waals surface area contributed by atoms with Gasteiger partial charge in [-0.05, 0) is 18.2 Å². The highest BCUT2D eigenvalue weighted by Gasteiger charge is 2.29. The van der Waals surface area contributed by atoms with E-state index in [1.165, 1.54) is 6.20 Å². The van der Waals surface area contributed by atoms with Gasteiger partial charge in [0.1, 0.15) is 6.04 Å². The lowest BCUT2D eigenvalue weighted by Crippen LogP contribution is -2.56. The number of aliphatic hydroxyl groups is 1. The molecule has 154 valence electrons. The van der Waals surface area contributed by atoms with Crippen molar-refractivity contribution in [2.24, 2.45) is 0 Å². The number of hydrogen-bond donors (Lipinski definition) is 2. The summed E-state index contributed by atoms with van der Waals surface area (Å²) in [5, 5.41) is 13.2. The van der Waals surface area contributed by atoms with Crippen LogP contribution in [0.4, 0.5) is 5.95 Å². The second-order valence-electron chi connectivity index (χ2n) is 6.99. The Kier molecular flexibility index (Phi) is 5.80. The number of anilines is 1.